The molecule has 0 radical (unpaired) electrons. The van der Waals surface area contributed by atoms with Crippen LogP contribution in [0.3, 0.4) is 0 Å². The summed E-state index contributed by atoms with van der Waals surface area (Å²) in [5.74, 6) is -0.0724. The van der Waals surface area contributed by atoms with Gasteiger partial charge in [0, 0.05) is 27.0 Å². The maximum Gasteiger partial charge on any atom is 0.246 e. The smallest absolute Gasteiger partial charge is 0.246 e. The van der Waals surface area contributed by atoms with E-state index in [2.05, 4.69) is 26.2 Å². The quantitative estimate of drug-likeness (QED) is 0.781. The summed E-state index contributed by atoms with van der Waals surface area (Å²) in [6, 6.07) is 7.96. The number of nitrogens with zero attached hydrogens (tertiary/aromatic N) is 2. The predicted molar refractivity (Wildman–Crippen MR) is 85.1 cm³/mol. The van der Waals surface area contributed by atoms with Crippen molar-refractivity contribution < 1.29 is 4.79 Å². The molecule has 0 unspecified atom stereocenters. The number of benzene rings is 1. The molecule has 0 saturated heterocycles. The van der Waals surface area contributed by atoms with Crippen LogP contribution in [-0.4, -0.2) is 15.5 Å². The Bertz CT molecular complexity index is 778. The van der Waals surface area contributed by atoms with Crippen LogP contribution in [0.1, 0.15) is 5.69 Å². The molecule has 0 aliphatic rings. The fourth-order valence-electron chi connectivity index (χ4n) is 2.05. The number of carbonyl (C=O) groups excluding carboxylic acids is 1. The van der Waals surface area contributed by atoms with Crippen LogP contribution in [0.2, 0.25) is 0 Å². The molecule has 1 N–H and O–H groups in total. The van der Waals surface area contributed by atoms with Gasteiger partial charge in [0.1, 0.15) is 6.54 Å². The molecule has 3 aromatic rings. The van der Waals surface area contributed by atoms with Crippen molar-refractivity contribution in [2.45, 2.75) is 13.5 Å². The van der Waals surface area contributed by atoms with Gasteiger partial charge in [-0.2, -0.15) is 0 Å². The highest BCUT2D eigenvalue weighted by Crippen LogP contribution is 2.24. The molecule has 102 valence electrons. The summed E-state index contributed by atoms with van der Waals surface area (Å²) in [6.45, 7) is 2.18. The lowest BCUT2D eigenvalue weighted by molar-refractivity contribution is -0.116. The SMILES string of the molecule is Cc1csc(NC(=O)Cn2ccc3c(Br)cccc32)n1. The van der Waals surface area contributed by atoms with Crippen LogP contribution in [0.15, 0.2) is 40.3 Å². The first kappa shape index (κ1) is 13.3. The Morgan fingerprint density at radius 3 is 3.05 bits per heavy atom. The first-order valence-electron chi connectivity index (χ1n) is 6.09. The van der Waals surface area contributed by atoms with Crippen molar-refractivity contribution in [1.29, 1.82) is 0 Å². The van der Waals surface area contributed by atoms with E-state index in [-0.39, 0.29) is 12.5 Å². The zero-order valence-corrected chi connectivity index (χ0v) is 13.2. The molecule has 0 atom stereocenters. The molecule has 1 aromatic carbocycles. The van der Waals surface area contributed by atoms with Crippen molar-refractivity contribution >= 4 is 49.2 Å². The Morgan fingerprint density at radius 1 is 1.45 bits per heavy atom. The van der Waals surface area contributed by atoms with E-state index in [0.717, 1.165) is 21.1 Å². The fourth-order valence-corrected chi connectivity index (χ4v) is 3.24. The van der Waals surface area contributed by atoms with Gasteiger partial charge in [-0.1, -0.05) is 22.0 Å². The summed E-state index contributed by atoms with van der Waals surface area (Å²) in [7, 11) is 0. The maximum absolute atomic E-state index is 12.0. The maximum atomic E-state index is 12.0. The van der Waals surface area contributed by atoms with Gasteiger partial charge in [-0.05, 0) is 25.1 Å². The van der Waals surface area contributed by atoms with Crippen LogP contribution in [0.5, 0.6) is 0 Å². The van der Waals surface area contributed by atoms with Crippen LogP contribution in [0.4, 0.5) is 5.13 Å². The number of nitrogens with one attached hydrogen (secondary N) is 1. The van der Waals surface area contributed by atoms with E-state index in [1.165, 1.54) is 11.3 Å². The number of amides is 1. The molecular weight excluding hydrogens is 338 g/mol. The van der Waals surface area contributed by atoms with Crippen LogP contribution in [-0.2, 0) is 11.3 Å². The summed E-state index contributed by atoms with van der Waals surface area (Å²) >= 11 is 4.95. The van der Waals surface area contributed by atoms with Crippen molar-refractivity contribution in [2.75, 3.05) is 5.32 Å². The largest absolute Gasteiger partial charge is 0.338 e. The standard InChI is InChI=1S/C14H12BrN3OS/c1-9-8-20-14(16-9)17-13(19)7-18-6-5-10-11(15)3-2-4-12(10)18/h2-6,8H,7H2,1H3,(H,16,17,19). The van der Waals surface area contributed by atoms with Crippen LogP contribution in [0, 0.1) is 6.92 Å². The number of anilines is 1. The molecule has 2 heterocycles. The van der Waals surface area contributed by atoms with Gasteiger partial charge >= 0.3 is 0 Å². The Labute approximate surface area is 128 Å². The minimum Gasteiger partial charge on any atom is -0.338 e. The molecule has 20 heavy (non-hydrogen) atoms. The first-order valence-corrected chi connectivity index (χ1v) is 7.76. The van der Waals surface area contributed by atoms with Gasteiger partial charge in [0.2, 0.25) is 5.91 Å². The second kappa shape index (κ2) is 5.38. The third-order valence-electron chi connectivity index (χ3n) is 2.94. The number of aromatic nitrogens is 2. The second-order valence-corrected chi connectivity index (χ2v) is 6.17. The monoisotopic (exact) mass is 349 g/mol. The first-order chi connectivity index (χ1) is 9.63. The normalized spacial score (nSPS) is 10.9. The van der Waals surface area contributed by atoms with Gasteiger partial charge in [0.05, 0.1) is 5.69 Å². The predicted octanol–water partition coefficient (Wildman–Crippen LogP) is 3.81. The second-order valence-electron chi connectivity index (χ2n) is 4.46. The highest BCUT2D eigenvalue weighted by molar-refractivity contribution is 9.10. The van der Waals surface area contributed by atoms with E-state index in [1.54, 1.807) is 0 Å². The van der Waals surface area contributed by atoms with Gasteiger partial charge < -0.3 is 9.88 Å². The molecule has 6 heteroatoms. The van der Waals surface area contributed by atoms with E-state index in [4.69, 9.17) is 0 Å². The third kappa shape index (κ3) is 2.62. The molecule has 0 bridgehead atoms. The van der Waals surface area contributed by atoms with Crippen molar-refractivity contribution in [2.24, 2.45) is 0 Å². The van der Waals surface area contributed by atoms with E-state index in [0.29, 0.717) is 5.13 Å². The zero-order chi connectivity index (χ0) is 14.1. The molecule has 1 amide bonds. The molecule has 0 aliphatic carbocycles. The number of carbonyl (C=O) groups is 1. The summed E-state index contributed by atoms with van der Waals surface area (Å²) in [6.07, 6.45) is 1.92. The van der Waals surface area contributed by atoms with Gasteiger partial charge in [-0.3, -0.25) is 4.79 Å². The summed E-state index contributed by atoms with van der Waals surface area (Å²) in [5, 5.41) is 6.48. The molecule has 0 spiro atoms. The van der Waals surface area contributed by atoms with Gasteiger partial charge in [0.15, 0.2) is 5.13 Å². The van der Waals surface area contributed by atoms with Crippen molar-refractivity contribution in [1.82, 2.24) is 9.55 Å². The number of halogens is 1. The number of thiazole rings is 1. The Kier molecular flexibility index (Phi) is 3.58. The van der Waals surface area contributed by atoms with Gasteiger partial charge in [-0.15, -0.1) is 11.3 Å². The lowest BCUT2D eigenvalue weighted by Gasteiger charge is -2.05. The molecule has 3 rings (SSSR count). The molecular formula is C14H12BrN3OS. The molecule has 4 nitrogen and oxygen atoms in total. The highest BCUT2D eigenvalue weighted by Gasteiger charge is 2.09. The van der Waals surface area contributed by atoms with E-state index < -0.39 is 0 Å². The summed E-state index contributed by atoms with van der Waals surface area (Å²) in [4.78, 5) is 16.3. The minimum atomic E-state index is -0.0724. The summed E-state index contributed by atoms with van der Waals surface area (Å²) < 4.78 is 2.96. The van der Waals surface area contributed by atoms with Gasteiger partial charge in [-0.25, -0.2) is 4.98 Å². The Morgan fingerprint density at radius 2 is 2.30 bits per heavy atom. The van der Waals surface area contributed by atoms with E-state index in [1.807, 2.05) is 47.3 Å². The average molecular weight is 350 g/mol. The van der Waals surface area contributed by atoms with Crippen molar-refractivity contribution in [3.8, 4) is 0 Å². The lowest BCUT2D eigenvalue weighted by atomic mass is 10.2. The molecule has 0 saturated carbocycles. The molecule has 0 aliphatic heterocycles. The molecule has 0 fully saturated rings. The Hall–Kier alpha value is -1.66. The number of hydrogen-bond donors (Lipinski definition) is 1. The summed E-state index contributed by atoms with van der Waals surface area (Å²) in [5.41, 5.74) is 1.95. The number of fused-ring (bicyclic) bond motifs is 1. The van der Waals surface area contributed by atoms with Crippen LogP contribution < -0.4 is 5.32 Å². The minimum absolute atomic E-state index is 0.0724. The van der Waals surface area contributed by atoms with E-state index >= 15 is 0 Å². The van der Waals surface area contributed by atoms with Crippen LogP contribution in [0.25, 0.3) is 10.9 Å². The number of aryl methyl sites for hydroxylation is 1. The fraction of sp³-hybridized carbons (Fsp3) is 0.143. The van der Waals surface area contributed by atoms with Crippen LogP contribution >= 0.6 is 27.3 Å². The molecule has 2 aromatic heterocycles. The lowest BCUT2D eigenvalue weighted by Crippen LogP contribution is -2.18. The number of hydrogen-bond acceptors (Lipinski definition) is 3. The van der Waals surface area contributed by atoms with E-state index in [9.17, 15) is 4.79 Å². The van der Waals surface area contributed by atoms with Crippen molar-refractivity contribution in [3.05, 3.63) is 46.0 Å². The highest BCUT2D eigenvalue weighted by atomic mass is 79.9. The number of rotatable bonds is 3. The van der Waals surface area contributed by atoms with Gasteiger partial charge in [0.25, 0.3) is 0 Å². The topological polar surface area (TPSA) is 46.9 Å². The zero-order valence-electron chi connectivity index (χ0n) is 10.8. The third-order valence-corrected chi connectivity index (χ3v) is 4.51. The Balaban J connectivity index is 1.79. The van der Waals surface area contributed by atoms with Crippen molar-refractivity contribution in [3.63, 3.8) is 0 Å². The average Bonchev–Trinajstić information content (AvgIpc) is 2.98.